The van der Waals surface area contributed by atoms with E-state index in [1.807, 2.05) is 11.8 Å². The van der Waals surface area contributed by atoms with Crippen molar-refractivity contribution in [2.45, 2.75) is 35.5 Å². The van der Waals surface area contributed by atoms with Gasteiger partial charge < -0.3 is 46.4 Å². The molecule has 3 rings (SSSR count). The summed E-state index contributed by atoms with van der Waals surface area (Å²) in [7, 11) is 17.3. The summed E-state index contributed by atoms with van der Waals surface area (Å²) in [6.07, 6.45) is 4.70. The summed E-state index contributed by atoms with van der Waals surface area (Å²) in [5.74, 6) is 0. The van der Waals surface area contributed by atoms with E-state index in [9.17, 15) is 0 Å². The Hall–Kier alpha value is -1.33. The fourth-order valence-corrected chi connectivity index (χ4v) is 6.28. The van der Waals surface area contributed by atoms with Crippen LogP contribution in [0.5, 0.6) is 0 Å². The Kier molecular flexibility index (Phi) is 16.1. The van der Waals surface area contributed by atoms with Crippen LogP contribution >= 0.6 is 11.8 Å². The van der Waals surface area contributed by atoms with Gasteiger partial charge in [0.1, 0.15) is 11.4 Å². The zero-order chi connectivity index (χ0) is 29.1. The Bertz CT molecular complexity index is 924. The lowest BCUT2D eigenvalue weighted by Gasteiger charge is -2.29. The Morgan fingerprint density at radius 3 is 1.10 bits per heavy atom. The van der Waals surface area contributed by atoms with Crippen molar-refractivity contribution < 1.29 is 22.3 Å². The lowest BCUT2D eigenvalue weighted by molar-refractivity contribution is -0.485. The number of rotatable bonds is 18. The zero-order valence-electron chi connectivity index (χ0n) is 27.0. The molecule has 0 saturated heterocycles. The third-order valence-corrected chi connectivity index (χ3v) is 8.54. The van der Waals surface area contributed by atoms with Gasteiger partial charge >= 0.3 is 0 Å². The molecular formula is C32H56BrN7S. The first-order valence-electron chi connectivity index (χ1n) is 15.0. The van der Waals surface area contributed by atoms with Gasteiger partial charge in [-0.3, -0.25) is 5.32 Å². The Morgan fingerprint density at radius 1 is 0.488 bits per heavy atom. The molecule has 232 valence electrons. The average Bonchev–Trinajstić information content (AvgIpc) is 2.89. The third-order valence-electron chi connectivity index (χ3n) is 7.39. The highest BCUT2D eigenvalue weighted by Crippen LogP contribution is 2.42. The smallest absolute Gasteiger partial charge is 0.148 e. The maximum atomic E-state index is 2.59. The molecular weight excluding hydrogens is 594 g/mol. The highest BCUT2D eigenvalue weighted by Gasteiger charge is 2.23. The molecule has 2 aromatic carbocycles. The fraction of sp³-hybridized carbons (Fsp3) is 0.625. The van der Waals surface area contributed by atoms with E-state index in [1.165, 1.54) is 58.2 Å². The van der Waals surface area contributed by atoms with E-state index in [2.05, 4.69) is 127 Å². The van der Waals surface area contributed by atoms with Gasteiger partial charge in [-0.1, -0.05) is 11.8 Å². The molecule has 0 aromatic heterocycles. The lowest BCUT2D eigenvalue weighted by atomic mass is 10.2. The summed E-state index contributed by atoms with van der Waals surface area (Å²) in [5.41, 5.74) is 5.38. The highest BCUT2D eigenvalue weighted by atomic mass is 79.9. The second kappa shape index (κ2) is 18.4. The molecule has 2 aromatic rings. The second-order valence-electron chi connectivity index (χ2n) is 12.3. The van der Waals surface area contributed by atoms with Crippen LogP contribution in [0.3, 0.4) is 0 Å². The van der Waals surface area contributed by atoms with Crippen molar-refractivity contribution in [2.75, 3.05) is 119 Å². The number of halogens is 1. The van der Waals surface area contributed by atoms with E-state index in [0.29, 0.717) is 0 Å². The summed E-state index contributed by atoms with van der Waals surface area (Å²) in [5, 5.41) is 2.37. The number of hydrogen-bond acceptors (Lipinski definition) is 7. The minimum atomic E-state index is 0. The van der Waals surface area contributed by atoms with Crippen molar-refractivity contribution in [2.24, 2.45) is 0 Å². The number of anilines is 2. The van der Waals surface area contributed by atoms with Crippen molar-refractivity contribution in [1.29, 1.82) is 0 Å². The molecule has 0 radical (unpaired) electrons. The molecule has 7 nitrogen and oxygen atoms in total. The van der Waals surface area contributed by atoms with Crippen LogP contribution in [0.2, 0.25) is 0 Å². The monoisotopic (exact) mass is 649 g/mol. The fourth-order valence-electron chi connectivity index (χ4n) is 5.19. The number of fused-ring (bicyclic) bond motifs is 2. The standard InChI is InChI=1S/C32H55N7S.BrH/c1-34(2)17-9-21-38(22-10-18-35(3)4)27-13-15-29-31(25-27)40-32-26-28(14-16-30(32)33-29)39(23-11-19-36(5)6)24-12-20-37(7)8;/h13-16,25-26,33H,9-12,17-24H2,1-8H3;1H. The topological polar surface area (TPSA) is 36.1 Å². The van der Waals surface area contributed by atoms with Crippen LogP contribution in [-0.4, -0.2) is 128 Å². The summed E-state index contributed by atoms with van der Waals surface area (Å²) < 4.78 is 0. The largest absolute Gasteiger partial charge is 1.00 e. The number of nitrogens with zero attached hydrogens (tertiary/aromatic N) is 6. The number of hydrogen-bond donors (Lipinski definition) is 1. The molecule has 41 heavy (non-hydrogen) atoms. The Balaban J connectivity index is 0.00000588. The molecule has 0 saturated carbocycles. The summed E-state index contributed by atoms with van der Waals surface area (Å²) >= 11 is 1.94. The van der Waals surface area contributed by atoms with Crippen molar-refractivity contribution in [3.8, 4) is 0 Å². The average molecular weight is 651 g/mol. The van der Waals surface area contributed by atoms with Gasteiger partial charge in [-0.15, -0.1) is 0 Å². The van der Waals surface area contributed by atoms with Gasteiger partial charge in [0.15, 0.2) is 0 Å². The predicted molar refractivity (Wildman–Crippen MR) is 175 cm³/mol. The van der Waals surface area contributed by atoms with Gasteiger partial charge in [-0.05, 0) is 133 Å². The van der Waals surface area contributed by atoms with Crippen LogP contribution in [0.1, 0.15) is 25.7 Å². The molecule has 0 atom stereocenters. The van der Waals surface area contributed by atoms with Crippen LogP contribution < -0.4 is 32.1 Å². The number of benzene rings is 2. The van der Waals surface area contributed by atoms with Crippen LogP contribution in [0.25, 0.3) is 0 Å². The van der Waals surface area contributed by atoms with Crippen LogP contribution in [0.15, 0.2) is 46.2 Å². The van der Waals surface area contributed by atoms with Crippen molar-refractivity contribution in [1.82, 2.24) is 19.6 Å². The van der Waals surface area contributed by atoms with Gasteiger partial charge in [-0.2, -0.15) is 0 Å². The van der Waals surface area contributed by atoms with Crippen LogP contribution in [-0.2, 0) is 0 Å². The van der Waals surface area contributed by atoms with Gasteiger partial charge in [0, 0.05) is 49.7 Å². The van der Waals surface area contributed by atoms with E-state index in [4.69, 9.17) is 0 Å². The number of quaternary nitrogens is 1. The molecule has 0 fully saturated rings. The normalized spacial score (nSPS) is 12.6. The molecule has 1 heterocycles. The summed E-state index contributed by atoms with van der Waals surface area (Å²) in [6.45, 7) is 8.84. The third kappa shape index (κ3) is 12.4. The number of nitrogens with two attached hydrogens (primary N) is 1. The molecule has 0 amide bonds. The molecule has 1 aliphatic rings. The molecule has 0 aliphatic carbocycles. The van der Waals surface area contributed by atoms with E-state index < -0.39 is 0 Å². The molecule has 2 N–H and O–H groups in total. The summed E-state index contributed by atoms with van der Waals surface area (Å²) in [6, 6.07) is 14.2. The van der Waals surface area contributed by atoms with E-state index in [-0.39, 0.29) is 17.0 Å². The van der Waals surface area contributed by atoms with Crippen molar-refractivity contribution in [3.63, 3.8) is 0 Å². The zero-order valence-corrected chi connectivity index (χ0v) is 29.4. The van der Waals surface area contributed by atoms with Gasteiger partial charge in [0.2, 0.25) is 0 Å². The predicted octanol–water partition coefficient (Wildman–Crippen LogP) is 1.10. The van der Waals surface area contributed by atoms with Crippen molar-refractivity contribution in [3.05, 3.63) is 36.4 Å². The van der Waals surface area contributed by atoms with Gasteiger partial charge in [-0.25, -0.2) is 0 Å². The first-order chi connectivity index (χ1) is 19.1. The lowest BCUT2D eigenvalue weighted by Crippen LogP contribution is -3.00. The van der Waals surface area contributed by atoms with Gasteiger partial charge in [0.05, 0.1) is 9.79 Å². The van der Waals surface area contributed by atoms with E-state index in [1.54, 1.807) is 0 Å². The summed E-state index contributed by atoms with van der Waals surface area (Å²) in [4.78, 5) is 17.1. The van der Waals surface area contributed by atoms with E-state index in [0.717, 1.165) is 52.4 Å². The van der Waals surface area contributed by atoms with Crippen LogP contribution in [0, 0.1) is 0 Å². The molecule has 0 unspecified atom stereocenters. The molecule has 0 bridgehead atoms. The van der Waals surface area contributed by atoms with Gasteiger partial charge in [0.25, 0.3) is 0 Å². The first kappa shape index (κ1) is 35.9. The minimum Gasteiger partial charge on any atom is -1.00 e. The second-order valence-corrected chi connectivity index (χ2v) is 13.4. The molecule has 0 spiro atoms. The minimum absolute atomic E-state index is 0. The maximum Gasteiger partial charge on any atom is 0.148 e. The molecule has 1 aliphatic heterocycles. The quantitative estimate of drug-likeness (QED) is 0.207. The Morgan fingerprint density at radius 2 is 0.805 bits per heavy atom. The Labute approximate surface area is 266 Å². The van der Waals surface area contributed by atoms with E-state index >= 15 is 0 Å². The first-order valence-corrected chi connectivity index (χ1v) is 15.8. The van der Waals surface area contributed by atoms with Crippen LogP contribution in [0.4, 0.5) is 22.7 Å². The maximum absolute atomic E-state index is 2.59. The molecule has 9 heteroatoms. The SMILES string of the molecule is CN(C)CCCN(CCCN(C)C)c1ccc2c(c1)Sc1cc(N(CCCN(C)C)CCCN(C)C)ccc1[NH2+]2.[Br-]. The highest BCUT2D eigenvalue weighted by molar-refractivity contribution is 7.99. The van der Waals surface area contributed by atoms with Crippen molar-refractivity contribution >= 4 is 34.5 Å².